The highest BCUT2D eigenvalue weighted by molar-refractivity contribution is 5.97. The summed E-state index contributed by atoms with van der Waals surface area (Å²) in [5, 5.41) is 11.3. The molecule has 5 nitrogen and oxygen atoms in total. The number of carboxylic acid groups (broad SMARTS) is 1. The Morgan fingerprint density at radius 1 is 1.56 bits per heavy atom. The summed E-state index contributed by atoms with van der Waals surface area (Å²) in [6.45, 7) is 3.52. The summed E-state index contributed by atoms with van der Waals surface area (Å²) >= 11 is 0. The number of amides is 1. The van der Waals surface area contributed by atoms with Crippen molar-refractivity contribution in [1.82, 2.24) is 5.32 Å². The smallest absolute Gasteiger partial charge is 0.326 e. The number of aliphatic carboxylic acids is 1. The van der Waals surface area contributed by atoms with Crippen molar-refractivity contribution in [3.05, 3.63) is 23.7 Å². The SMILES string of the molecule is CCCC(NC(=O)c1ccoc1C)C(=O)O. The van der Waals surface area contributed by atoms with Gasteiger partial charge in [-0.1, -0.05) is 13.3 Å². The van der Waals surface area contributed by atoms with Crippen molar-refractivity contribution >= 4 is 11.9 Å². The molecule has 2 N–H and O–H groups in total. The molecule has 0 fully saturated rings. The van der Waals surface area contributed by atoms with Crippen LogP contribution in [-0.4, -0.2) is 23.0 Å². The zero-order valence-corrected chi connectivity index (χ0v) is 9.32. The maximum atomic E-state index is 11.7. The summed E-state index contributed by atoms with van der Waals surface area (Å²) < 4.78 is 4.98. The first kappa shape index (κ1) is 12.3. The molecule has 0 aliphatic carbocycles. The van der Waals surface area contributed by atoms with Crippen LogP contribution in [0.3, 0.4) is 0 Å². The number of furan rings is 1. The average Bonchev–Trinajstić information content (AvgIpc) is 2.63. The molecule has 1 atom stereocenters. The minimum absolute atomic E-state index is 0.377. The van der Waals surface area contributed by atoms with Crippen molar-refractivity contribution in [2.45, 2.75) is 32.7 Å². The van der Waals surface area contributed by atoms with Gasteiger partial charge < -0.3 is 14.8 Å². The lowest BCUT2D eigenvalue weighted by molar-refractivity contribution is -0.139. The average molecular weight is 225 g/mol. The molecular formula is C11H15NO4. The van der Waals surface area contributed by atoms with Crippen molar-refractivity contribution in [2.24, 2.45) is 0 Å². The lowest BCUT2D eigenvalue weighted by atomic mass is 10.1. The van der Waals surface area contributed by atoms with E-state index in [1.165, 1.54) is 12.3 Å². The molecule has 88 valence electrons. The molecule has 5 heteroatoms. The number of carbonyl (C=O) groups is 2. The lowest BCUT2D eigenvalue weighted by Crippen LogP contribution is -2.40. The molecule has 1 aromatic heterocycles. The fraction of sp³-hybridized carbons (Fsp3) is 0.455. The molecule has 0 saturated heterocycles. The second-order valence-corrected chi connectivity index (χ2v) is 3.54. The summed E-state index contributed by atoms with van der Waals surface area (Å²) in [6, 6.07) is 0.682. The van der Waals surface area contributed by atoms with E-state index < -0.39 is 17.9 Å². The number of carboxylic acids is 1. The van der Waals surface area contributed by atoms with Gasteiger partial charge in [0.1, 0.15) is 11.8 Å². The van der Waals surface area contributed by atoms with Gasteiger partial charge in [0.25, 0.3) is 5.91 Å². The van der Waals surface area contributed by atoms with Gasteiger partial charge in [-0.15, -0.1) is 0 Å². The monoisotopic (exact) mass is 225 g/mol. The number of carbonyl (C=O) groups excluding carboxylic acids is 1. The molecular weight excluding hydrogens is 210 g/mol. The van der Waals surface area contributed by atoms with Gasteiger partial charge in [-0.05, 0) is 19.4 Å². The molecule has 1 heterocycles. The van der Waals surface area contributed by atoms with Gasteiger partial charge in [-0.2, -0.15) is 0 Å². The van der Waals surface area contributed by atoms with E-state index in [0.717, 1.165) is 0 Å². The van der Waals surface area contributed by atoms with Crippen LogP contribution in [0.4, 0.5) is 0 Å². The lowest BCUT2D eigenvalue weighted by Gasteiger charge is -2.12. The van der Waals surface area contributed by atoms with Gasteiger partial charge in [0, 0.05) is 0 Å². The van der Waals surface area contributed by atoms with Gasteiger partial charge in [-0.25, -0.2) is 4.79 Å². The first-order valence-electron chi connectivity index (χ1n) is 5.14. The van der Waals surface area contributed by atoms with Crippen molar-refractivity contribution in [1.29, 1.82) is 0 Å². The third kappa shape index (κ3) is 2.85. The summed E-state index contributed by atoms with van der Waals surface area (Å²) in [4.78, 5) is 22.5. The number of hydrogen-bond acceptors (Lipinski definition) is 3. The van der Waals surface area contributed by atoms with E-state index >= 15 is 0 Å². The third-order valence-electron chi connectivity index (χ3n) is 2.28. The Kier molecular flexibility index (Phi) is 4.10. The zero-order valence-electron chi connectivity index (χ0n) is 9.32. The van der Waals surface area contributed by atoms with Gasteiger partial charge in [0.2, 0.25) is 0 Å². The predicted molar refractivity (Wildman–Crippen MR) is 57.2 cm³/mol. The highest BCUT2D eigenvalue weighted by Gasteiger charge is 2.21. The molecule has 0 radical (unpaired) electrons. The van der Waals surface area contributed by atoms with Crippen LogP contribution >= 0.6 is 0 Å². The Morgan fingerprint density at radius 2 is 2.25 bits per heavy atom. The molecule has 0 spiro atoms. The summed E-state index contributed by atoms with van der Waals surface area (Å²) in [7, 11) is 0. The van der Waals surface area contributed by atoms with E-state index in [4.69, 9.17) is 9.52 Å². The largest absolute Gasteiger partial charge is 0.480 e. The van der Waals surface area contributed by atoms with Crippen LogP contribution in [0.1, 0.15) is 35.9 Å². The Balaban J connectivity index is 2.69. The molecule has 16 heavy (non-hydrogen) atoms. The fourth-order valence-electron chi connectivity index (χ4n) is 1.40. The molecule has 0 aromatic carbocycles. The zero-order chi connectivity index (χ0) is 12.1. The summed E-state index contributed by atoms with van der Waals surface area (Å²) in [5.74, 6) is -0.943. The molecule has 0 aliphatic rings. The normalized spacial score (nSPS) is 12.1. The van der Waals surface area contributed by atoms with Crippen molar-refractivity contribution in [3.63, 3.8) is 0 Å². The highest BCUT2D eigenvalue weighted by Crippen LogP contribution is 2.09. The molecule has 0 saturated carbocycles. The third-order valence-corrected chi connectivity index (χ3v) is 2.28. The van der Waals surface area contributed by atoms with Crippen LogP contribution in [0, 0.1) is 6.92 Å². The van der Waals surface area contributed by atoms with Crippen LogP contribution in [0.15, 0.2) is 16.7 Å². The van der Waals surface area contributed by atoms with Crippen LogP contribution in [0.2, 0.25) is 0 Å². The number of rotatable bonds is 5. The van der Waals surface area contributed by atoms with Crippen LogP contribution in [-0.2, 0) is 4.79 Å². The van der Waals surface area contributed by atoms with Gasteiger partial charge in [0.15, 0.2) is 0 Å². The Labute approximate surface area is 93.4 Å². The number of aryl methyl sites for hydroxylation is 1. The van der Waals surface area contributed by atoms with E-state index in [2.05, 4.69) is 5.32 Å². The van der Waals surface area contributed by atoms with E-state index in [9.17, 15) is 9.59 Å². The van der Waals surface area contributed by atoms with E-state index in [-0.39, 0.29) is 0 Å². The minimum atomic E-state index is -1.02. The minimum Gasteiger partial charge on any atom is -0.480 e. The summed E-state index contributed by atoms with van der Waals surface area (Å²) in [6.07, 6.45) is 2.51. The molecule has 1 rings (SSSR count). The maximum absolute atomic E-state index is 11.7. The second kappa shape index (κ2) is 5.34. The quantitative estimate of drug-likeness (QED) is 0.797. The molecule has 1 aromatic rings. The predicted octanol–water partition coefficient (Wildman–Crippen LogP) is 1.57. The number of nitrogens with one attached hydrogen (secondary N) is 1. The maximum Gasteiger partial charge on any atom is 0.326 e. The molecule has 1 unspecified atom stereocenters. The highest BCUT2D eigenvalue weighted by atomic mass is 16.4. The number of hydrogen-bond donors (Lipinski definition) is 2. The molecule has 0 aliphatic heterocycles. The second-order valence-electron chi connectivity index (χ2n) is 3.54. The van der Waals surface area contributed by atoms with Gasteiger partial charge in [0.05, 0.1) is 11.8 Å². The fourth-order valence-corrected chi connectivity index (χ4v) is 1.40. The Hall–Kier alpha value is -1.78. The van der Waals surface area contributed by atoms with Crippen molar-refractivity contribution in [2.75, 3.05) is 0 Å². The van der Waals surface area contributed by atoms with Crippen LogP contribution in [0.25, 0.3) is 0 Å². The van der Waals surface area contributed by atoms with E-state index in [0.29, 0.717) is 24.2 Å². The summed E-state index contributed by atoms with van der Waals surface area (Å²) in [5.41, 5.74) is 0.377. The Bertz CT molecular complexity index is 383. The van der Waals surface area contributed by atoms with E-state index in [1.54, 1.807) is 6.92 Å². The van der Waals surface area contributed by atoms with Crippen LogP contribution in [0.5, 0.6) is 0 Å². The Morgan fingerprint density at radius 3 is 2.69 bits per heavy atom. The molecule has 0 bridgehead atoms. The van der Waals surface area contributed by atoms with Gasteiger partial charge in [-0.3, -0.25) is 4.79 Å². The molecule has 1 amide bonds. The van der Waals surface area contributed by atoms with E-state index in [1.807, 2.05) is 6.92 Å². The topological polar surface area (TPSA) is 79.5 Å². The first-order valence-corrected chi connectivity index (χ1v) is 5.14. The van der Waals surface area contributed by atoms with Crippen molar-refractivity contribution < 1.29 is 19.1 Å². The van der Waals surface area contributed by atoms with Crippen LogP contribution < -0.4 is 5.32 Å². The van der Waals surface area contributed by atoms with Crippen molar-refractivity contribution in [3.8, 4) is 0 Å². The standard InChI is InChI=1S/C11H15NO4/c1-3-4-9(11(14)15)12-10(13)8-5-6-16-7(8)2/h5-6,9H,3-4H2,1-2H3,(H,12,13)(H,14,15). The first-order chi connectivity index (χ1) is 7.56. The van der Waals surface area contributed by atoms with Gasteiger partial charge >= 0.3 is 5.97 Å².